The van der Waals surface area contributed by atoms with Gasteiger partial charge in [-0.25, -0.2) is 4.68 Å². The number of halogens is 2. The first kappa shape index (κ1) is 34.4. The second kappa shape index (κ2) is 15.8. The molecule has 0 aliphatic carbocycles. The van der Waals surface area contributed by atoms with Crippen LogP contribution in [0.15, 0.2) is 59.1 Å². The van der Waals surface area contributed by atoms with Gasteiger partial charge in [0.15, 0.2) is 5.69 Å². The lowest BCUT2D eigenvalue weighted by molar-refractivity contribution is 0.0544. The predicted octanol–water partition coefficient (Wildman–Crippen LogP) is 6.62. The van der Waals surface area contributed by atoms with Crippen LogP contribution in [0.5, 0.6) is 0 Å². The Morgan fingerprint density at radius 1 is 1.11 bits per heavy atom. The quantitative estimate of drug-likeness (QED) is 0.151. The zero-order chi connectivity index (χ0) is 32.8. The van der Waals surface area contributed by atoms with E-state index in [1.807, 2.05) is 54.3 Å². The van der Waals surface area contributed by atoms with E-state index >= 15 is 0 Å². The lowest BCUT2D eigenvalue weighted by atomic mass is 9.93. The van der Waals surface area contributed by atoms with Gasteiger partial charge in [-0.1, -0.05) is 62.6 Å². The third-order valence-corrected chi connectivity index (χ3v) is 12.1. The van der Waals surface area contributed by atoms with Crippen LogP contribution in [0, 0.1) is 6.92 Å². The summed E-state index contributed by atoms with van der Waals surface area (Å²) < 4.78 is 4.41. The van der Waals surface area contributed by atoms with Crippen LogP contribution in [0.2, 0.25) is 4.34 Å². The fourth-order valence-electron chi connectivity index (χ4n) is 5.67. The molecule has 0 saturated carbocycles. The number of aromatic nitrogens is 2. The molecule has 46 heavy (non-hydrogen) atoms. The molecule has 2 amide bonds. The van der Waals surface area contributed by atoms with E-state index < -0.39 is 0 Å². The molecule has 1 aliphatic heterocycles. The van der Waals surface area contributed by atoms with Crippen molar-refractivity contribution in [1.29, 1.82) is 0 Å². The van der Waals surface area contributed by atoms with Gasteiger partial charge in [0.25, 0.3) is 11.8 Å². The Morgan fingerprint density at radius 2 is 1.83 bits per heavy atom. The number of thiophene rings is 1. The highest BCUT2D eigenvalue weighted by atomic mass is 79.9. The molecular formula is C34H39BrClN5O3SSi. The van der Waals surface area contributed by atoms with Crippen LogP contribution in [0.25, 0.3) is 5.69 Å². The smallest absolute Gasteiger partial charge is 0.274 e. The first-order chi connectivity index (χ1) is 22.2. The third kappa shape index (κ3) is 7.77. The highest BCUT2D eigenvalue weighted by Crippen LogP contribution is 2.29. The van der Waals surface area contributed by atoms with Crippen molar-refractivity contribution < 1.29 is 14.7 Å². The second-order valence-electron chi connectivity index (χ2n) is 11.5. The molecule has 12 heteroatoms. The largest absolute Gasteiger partial charge is 0.407 e. The summed E-state index contributed by atoms with van der Waals surface area (Å²) in [6.45, 7) is 7.77. The number of nitrogens with zero attached hydrogens (tertiary/aromatic N) is 4. The maximum absolute atomic E-state index is 14.5. The molecule has 1 aliphatic rings. The van der Waals surface area contributed by atoms with Crippen molar-refractivity contribution in [2.45, 2.75) is 65.5 Å². The average Bonchev–Trinajstić information content (AvgIpc) is 3.62. The first-order valence-corrected chi connectivity index (χ1v) is 18.7. The van der Waals surface area contributed by atoms with Crippen molar-refractivity contribution in [2.24, 2.45) is 0 Å². The van der Waals surface area contributed by atoms with Crippen LogP contribution < -0.4 is 9.48 Å². The molecule has 2 N–H and O–H groups in total. The Kier molecular flexibility index (Phi) is 11.8. The van der Waals surface area contributed by atoms with E-state index in [1.54, 1.807) is 15.6 Å². The maximum atomic E-state index is 14.5. The number of fused-ring (bicyclic) bond motifs is 1. The lowest BCUT2D eigenvalue weighted by Gasteiger charge is -2.36. The number of aryl methyl sites for hydroxylation is 1. The number of anilines is 1. The highest BCUT2D eigenvalue weighted by Gasteiger charge is 2.32. The fraction of sp³-hybridized carbons (Fsp3) is 0.382. The molecule has 0 fully saturated rings. The molecule has 1 atom stereocenters. The number of unbranched alkanes of at least 4 members (excludes halogenated alkanes) is 2. The topological polar surface area (TPSA) is 90.7 Å². The minimum absolute atomic E-state index is 0.0933. The van der Waals surface area contributed by atoms with Gasteiger partial charge in [-0.2, -0.15) is 5.10 Å². The lowest BCUT2D eigenvalue weighted by Crippen LogP contribution is -2.46. The molecule has 242 valence electrons. The van der Waals surface area contributed by atoms with Gasteiger partial charge in [-0.15, -0.1) is 11.3 Å². The molecule has 2 aromatic carbocycles. The Balaban J connectivity index is 1.52. The summed E-state index contributed by atoms with van der Waals surface area (Å²) in [6, 6.07) is 17.0. The predicted molar refractivity (Wildman–Crippen MR) is 191 cm³/mol. The SMILES string of the molecule is CCCCN(CCCC)C(=O)c1cc(C)n(-c2ccc(N[Si]c3sc(Cl)cc3Br)cc2C(=O)N2Cc3ccccc3C[C@H]2CO)n1. The van der Waals surface area contributed by atoms with Crippen molar-refractivity contribution in [3.8, 4) is 5.69 Å². The van der Waals surface area contributed by atoms with Crippen LogP contribution in [0.4, 0.5) is 5.69 Å². The molecule has 2 radical (unpaired) electrons. The summed E-state index contributed by atoms with van der Waals surface area (Å²) in [5.41, 5.74) is 5.13. The Labute approximate surface area is 290 Å². The van der Waals surface area contributed by atoms with Gasteiger partial charge in [-0.05, 0) is 83.6 Å². The van der Waals surface area contributed by atoms with Gasteiger partial charge in [-0.3, -0.25) is 9.59 Å². The second-order valence-corrected chi connectivity index (χ2v) is 15.4. The number of rotatable bonds is 13. The number of aliphatic hydroxyl groups is 1. The summed E-state index contributed by atoms with van der Waals surface area (Å²) in [5.74, 6) is -0.296. The molecule has 0 unspecified atom stereocenters. The van der Waals surface area contributed by atoms with Gasteiger partial charge in [0.1, 0.15) is 0 Å². The number of benzene rings is 2. The van der Waals surface area contributed by atoms with Crippen molar-refractivity contribution in [3.05, 3.63) is 91.5 Å². The van der Waals surface area contributed by atoms with E-state index in [-0.39, 0.29) is 34.1 Å². The van der Waals surface area contributed by atoms with E-state index in [0.29, 0.717) is 47.3 Å². The van der Waals surface area contributed by atoms with Crippen LogP contribution >= 0.6 is 38.9 Å². The molecule has 8 nitrogen and oxygen atoms in total. The maximum Gasteiger partial charge on any atom is 0.274 e. The van der Waals surface area contributed by atoms with E-state index in [0.717, 1.165) is 57.2 Å². The number of carbonyl (C=O) groups excluding carboxylic acids is 2. The Bertz CT molecular complexity index is 1690. The third-order valence-electron chi connectivity index (χ3n) is 8.22. The highest BCUT2D eigenvalue weighted by molar-refractivity contribution is 9.10. The average molecular weight is 741 g/mol. The molecular weight excluding hydrogens is 702 g/mol. The molecule has 0 bridgehead atoms. The van der Waals surface area contributed by atoms with Gasteiger partial charge >= 0.3 is 0 Å². The van der Waals surface area contributed by atoms with Gasteiger partial charge < -0.3 is 19.9 Å². The molecule has 0 saturated heterocycles. The van der Waals surface area contributed by atoms with E-state index in [9.17, 15) is 14.7 Å². The molecule has 3 heterocycles. The number of nitrogens with one attached hydrogen (secondary N) is 1. The number of hydrogen-bond acceptors (Lipinski definition) is 6. The Hall–Kier alpha value is -2.96. The van der Waals surface area contributed by atoms with Crippen LogP contribution in [0.3, 0.4) is 0 Å². The summed E-state index contributed by atoms with van der Waals surface area (Å²) in [5, 5.41) is 15.2. The molecule has 2 aromatic heterocycles. The number of aliphatic hydroxyl groups excluding tert-OH is 1. The summed E-state index contributed by atoms with van der Waals surface area (Å²) in [6.07, 6.45) is 4.44. The van der Waals surface area contributed by atoms with Crippen molar-refractivity contribution in [1.82, 2.24) is 19.6 Å². The van der Waals surface area contributed by atoms with Crippen molar-refractivity contribution >= 4 is 70.6 Å². The minimum atomic E-state index is -0.362. The minimum Gasteiger partial charge on any atom is -0.407 e. The zero-order valence-corrected chi connectivity index (χ0v) is 30.5. The van der Waals surface area contributed by atoms with E-state index in [2.05, 4.69) is 40.8 Å². The van der Waals surface area contributed by atoms with Crippen molar-refractivity contribution in [2.75, 3.05) is 24.7 Å². The number of hydrogen-bond donors (Lipinski definition) is 2. The van der Waals surface area contributed by atoms with Gasteiger partial charge in [0.2, 0.25) is 9.68 Å². The molecule has 0 spiro atoms. The fourth-order valence-corrected chi connectivity index (χ4v) is 9.07. The summed E-state index contributed by atoms with van der Waals surface area (Å²) in [7, 11) is 0.226. The van der Waals surface area contributed by atoms with Crippen LogP contribution in [-0.2, 0) is 13.0 Å². The van der Waals surface area contributed by atoms with E-state index in [1.165, 1.54) is 11.3 Å². The van der Waals surface area contributed by atoms with Crippen LogP contribution in [-0.4, -0.2) is 71.9 Å². The standard InChI is InChI=1S/C34H39BrClN5O3SSi/c1-4-6-14-39(15-7-5-2)33(44)29-16-22(3)41(37-29)30-13-12-25(38-46-34-28(35)19-31(36)45-34)18-27(30)32(43)40-20-24-11-9-8-10-23(24)17-26(40)21-42/h8-13,16,18-19,26,38,42H,4-7,14-15,17,20-21H2,1-3H3/t26-/m0/s1. The van der Waals surface area contributed by atoms with Crippen molar-refractivity contribution in [3.63, 3.8) is 0 Å². The zero-order valence-electron chi connectivity index (χ0n) is 26.4. The molecule has 5 rings (SSSR count). The molecule has 4 aromatic rings. The monoisotopic (exact) mass is 739 g/mol. The summed E-state index contributed by atoms with van der Waals surface area (Å²) in [4.78, 5) is 35.3. The normalized spacial score (nSPS) is 14.3. The number of amides is 2. The van der Waals surface area contributed by atoms with Gasteiger partial charge in [0, 0.05) is 40.0 Å². The summed E-state index contributed by atoms with van der Waals surface area (Å²) >= 11 is 11.3. The Morgan fingerprint density at radius 3 is 2.48 bits per heavy atom. The first-order valence-electron chi connectivity index (χ1n) is 15.7. The number of carbonyl (C=O) groups is 2. The van der Waals surface area contributed by atoms with Crippen LogP contribution in [0.1, 0.15) is 77.2 Å². The van der Waals surface area contributed by atoms with Gasteiger partial charge in [0.05, 0.1) is 28.2 Å². The van der Waals surface area contributed by atoms with E-state index in [4.69, 9.17) is 16.7 Å².